The van der Waals surface area contributed by atoms with Crippen LogP contribution in [0.4, 0.5) is 19.0 Å². The molecule has 2 N–H and O–H groups in total. The van der Waals surface area contributed by atoms with Gasteiger partial charge in [0.25, 0.3) is 0 Å². The predicted octanol–water partition coefficient (Wildman–Crippen LogP) is 3.35. The summed E-state index contributed by atoms with van der Waals surface area (Å²) in [7, 11) is 0. The molecule has 2 heterocycles. The lowest BCUT2D eigenvalue weighted by molar-refractivity contribution is -0.137. The minimum Gasteiger partial charge on any atom is -0.478 e. The normalized spacial score (nSPS) is 12.6. The molecule has 3 aromatic rings. The Morgan fingerprint density at radius 1 is 1.27 bits per heavy atom. The second-order valence-corrected chi connectivity index (χ2v) is 6.71. The number of anilines is 1. The number of aromatic nitrogens is 4. The number of aromatic carboxylic acids is 1. The van der Waals surface area contributed by atoms with Crippen LogP contribution in [0.3, 0.4) is 0 Å². The van der Waals surface area contributed by atoms with Crippen molar-refractivity contribution >= 4 is 17.7 Å². The van der Waals surface area contributed by atoms with E-state index in [9.17, 15) is 22.8 Å². The molecule has 2 aromatic heterocycles. The topological polar surface area (TPSA) is 102 Å². The molecule has 0 saturated heterocycles. The summed E-state index contributed by atoms with van der Waals surface area (Å²) in [5.41, 5.74) is 0.269. The van der Waals surface area contributed by atoms with Gasteiger partial charge in [-0.3, -0.25) is 14.2 Å². The first kappa shape index (κ1) is 21.1. The molecule has 0 radical (unpaired) electrons. The van der Waals surface area contributed by atoms with Gasteiger partial charge in [-0.1, -0.05) is 12.1 Å². The van der Waals surface area contributed by atoms with Crippen LogP contribution in [0.25, 0.3) is 0 Å². The van der Waals surface area contributed by atoms with Gasteiger partial charge in [0.2, 0.25) is 5.91 Å². The number of halogens is 3. The van der Waals surface area contributed by atoms with Crippen molar-refractivity contribution in [3.63, 3.8) is 0 Å². The highest BCUT2D eigenvalue weighted by Crippen LogP contribution is 2.29. The number of carbonyl (C=O) groups excluding carboxylic acids is 1. The minimum atomic E-state index is -4.43. The molecular formula is C19H18F3N5O3. The minimum absolute atomic E-state index is 0.0455. The lowest BCUT2D eigenvalue weighted by Crippen LogP contribution is -2.24. The average molecular weight is 421 g/mol. The maximum absolute atomic E-state index is 12.9. The maximum atomic E-state index is 12.9. The maximum Gasteiger partial charge on any atom is 0.416 e. The van der Waals surface area contributed by atoms with Crippen molar-refractivity contribution < 1.29 is 27.9 Å². The summed E-state index contributed by atoms with van der Waals surface area (Å²) in [6, 6.07) is 5.73. The fourth-order valence-corrected chi connectivity index (χ4v) is 2.76. The molecule has 0 fully saturated rings. The molecule has 0 spiro atoms. The molecule has 1 aromatic carbocycles. The summed E-state index contributed by atoms with van der Waals surface area (Å²) in [5.74, 6) is -1.40. The third-order valence-corrected chi connectivity index (χ3v) is 4.44. The monoisotopic (exact) mass is 421 g/mol. The fraction of sp³-hybridized carbons (Fsp3) is 0.263. The Kier molecular flexibility index (Phi) is 5.63. The molecule has 0 saturated carbocycles. The first-order valence-electron chi connectivity index (χ1n) is 8.83. The zero-order valence-electron chi connectivity index (χ0n) is 16.0. The van der Waals surface area contributed by atoms with Crippen LogP contribution < -0.4 is 5.32 Å². The van der Waals surface area contributed by atoms with E-state index in [1.54, 1.807) is 26.0 Å². The van der Waals surface area contributed by atoms with Crippen LogP contribution >= 0.6 is 0 Å². The number of carboxylic acid groups (broad SMARTS) is 1. The van der Waals surface area contributed by atoms with Crippen molar-refractivity contribution in [2.75, 3.05) is 5.32 Å². The van der Waals surface area contributed by atoms with Crippen molar-refractivity contribution in [1.82, 2.24) is 19.6 Å². The van der Waals surface area contributed by atoms with E-state index in [1.807, 2.05) is 0 Å². The number of benzene rings is 1. The molecule has 0 bridgehead atoms. The van der Waals surface area contributed by atoms with Crippen molar-refractivity contribution in [3.8, 4) is 0 Å². The second kappa shape index (κ2) is 8.01. The molecule has 30 heavy (non-hydrogen) atoms. The number of nitrogens with one attached hydrogen (secondary N) is 1. The number of rotatable bonds is 6. The van der Waals surface area contributed by atoms with E-state index in [2.05, 4.69) is 15.5 Å². The molecule has 1 unspecified atom stereocenters. The molecule has 1 amide bonds. The van der Waals surface area contributed by atoms with E-state index in [1.165, 1.54) is 21.6 Å². The Balaban J connectivity index is 1.71. The number of hydrogen-bond acceptors (Lipinski definition) is 4. The number of amides is 1. The van der Waals surface area contributed by atoms with Gasteiger partial charge >= 0.3 is 12.1 Å². The summed E-state index contributed by atoms with van der Waals surface area (Å²) in [6.45, 7) is 3.36. The van der Waals surface area contributed by atoms with Crippen molar-refractivity contribution in [1.29, 1.82) is 0 Å². The lowest BCUT2D eigenvalue weighted by Gasteiger charge is -2.11. The van der Waals surface area contributed by atoms with Crippen LogP contribution in [0.1, 0.15) is 40.1 Å². The van der Waals surface area contributed by atoms with Crippen molar-refractivity contribution in [2.45, 2.75) is 32.6 Å². The molecule has 1 atom stereocenters. The van der Waals surface area contributed by atoms with Crippen LogP contribution in [0.15, 0.2) is 42.7 Å². The standard InChI is InChI=1S/C19H18F3N5O3/c1-11-6-16(24-17(28)12(2)27-10-14(8-23-27)18(29)30)25-26(11)9-13-4-3-5-15(7-13)19(20,21)22/h3-8,10,12H,9H2,1-2H3,(H,29,30)(H,24,25,28). The van der Waals surface area contributed by atoms with Crippen LogP contribution in [0, 0.1) is 6.92 Å². The van der Waals surface area contributed by atoms with Gasteiger partial charge in [-0.15, -0.1) is 0 Å². The highest BCUT2D eigenvalue weighted by atomic mass is 19.4. The van der Waals surface area contributed by atoms with Gasteiger partial charge in [0.15, 0.2) is 5.82 Å². The Hall–Kier alpha value is -3.63. The first-order valence-corrected chi connectivity index (χ1v) is 8.83. The summed E-state index contributed by atoms with van der Waals surface area (Å²) in [4.78, 5) is 23.4. The zero-order chi connectivity index (χ0) is 22.1. The lowest BCUT2D eigenvalue weighted by atomic mass is 10.1. The molecule has 8 nitrogen and oxygen atoms in total. The molecule has 0 aliphatic carbocycles. The summed E-state index contributed by atoms with van der Waals surface area (Å²) >= 11 is 0. The molecule has 3 rings (SSSR count). The number of nitrogens with zero attached hydrogens (tertiary/aromatic N) is 4. The molecule has 0 aliphatic heterocycles. The number of alkyl halides is 3. The molecule has 11 heteroatoms. The van der Waals surface area contributed by atoms with Gasteiger partial charge in [-0.05, 0) is 31.5 Å². The van der Waals surface area contributed by atoms with Crippen LogP contribution in [0.2, 0.25) is 0 Å². The van der Waals surface area contributed by atoms with Gasteiger partial charge in [0.05, 0.1) is 23.9 Å². The van der Waals surface area contributed by atoms with E-state index >= 15 is 0 Å². The van der Waals surface area contributed by atoms with Gasteiger partial charge in [-0.2, -0.15) is 23.4 Å². The summed E-state index contributed by atoms with van der Waals surface area (Å²) in [5, 5.41) is 19.6. The SMILES string of the molecule is Cc1cc(NC(=O)C(C)n2cc(C(=O)O)cn2)nn1Cc1cccc(C(F)(F)F)c1. The number of carboxylic acids is 1. The van der Waals surface area contributed by atoms with Gasteiger partial charge in [0.1, 0.15) is 6.04 Å². The average Bonchev–Trinajstić information content (AvgIpc) is 3.28. The van der Waals surface area contributed by atoms with Crippen molar-refractivity contribution in [3.05, 3.63) is 65.1 Å². The Bertz CT molecular complexity index is 1090. The second-order valence-electron chi connectivity index (χ2n) is 6.71. The quantitative estimate of drug-likeness (QED) is 0.636. The molecule has 0 aliphatic rings. The van der Waals surface area contributed by atoms with Crippen molar-refractivity contribution in [2.24, 2.45) is 0 Å². The first-order chi connectivity index (χ1) is 14.0. The van der Waals surface area contributed by atoms with E-state index < -0.39 is 29.7 Å². The molecular weight excluding hydrogens is 403 g/mol. The number of aryl methyl sites for hydroxylation is 1. The fourth-order valence-electron chi connectivity index (χ4n) is 2.76. The highest BCUT2D eigenvalue weighted by molar-refractivity contribution is 5.93. The smallest absolute Gasteiger partial charge is 0.416 e. The number of hydrogen-bond donors (Lipinski definition) is 2. The third kappa shape index (κ3) is 4.67. The predicted molar refractivity (Wildman–Crippen MR) is 100 cm³/mol. The molecule has 158 valence electrons. The van der Waals surface area contributed by atoms with Gasteiger partial charge in [-0.25, -0.2) is 4.79 Å². The van der Waals surface area contributed by atoms with Gasteiger partial charge < -0.3 is 10.4 Å². The summed E-state index contributed by atoms with van der Waals surface area (Å²) in [6.07, 6.45) is -2.05. The summed E-state index contributed by atoms with van der Waals surface area (Å²) < 4.78 is 41.3. The third-order valence-electron chi connectivity index (χ3n) is 4.44. The Morgan fingerprint density at radius 3 is 2.63 bits per heavy atom. The highest BCUT2D eigenvalue weighted by Gasteiger charge is 2.30. The van der Waals surface area contributed by atoms with E-state index in [4.69, 9.17) is 5.11 Å². The van der Waals surface area contributed by atoms with E-state index in [-0.39, 0.29) is 17.9 Å². The van der Waals surface area contributed by atoms with E-state index in [0.717, 1.165) is 18.3 Å². The van der Waals surface area contributed by atoms with Crippen LogP contribution in [-0.4, -0.2) is 36.5 Å². The zero-order valence-corrected chi connectivity index (χ0v) is 16.0. The number of carbonyl (C=O) groups is 2. The Morgan fingerprint density at radius 2 is 2.00 bits per heavy atom. The van der Waals surface area contributed by atoms with Gasteiger partial charge in [0, 0.05) is 18.0 Å². The largest absolute Gasteiger partial charge is 0.478 e. The van der Waals surface area contributed by atoms with E-state index in [0.29, 0.717) is 11.3 Å². The van der Waals surface area contributed by atoms with Crippen LogP contribution in [0.5, 0.6) is 0 Å². The Labute approximate surface area is 168 Å². The van der Waals surface area contributed by atoms with Crippen LogP contribution in [-0.2, 0) is 17.5 Å².